The van der Waals surface area contributed by atoms with Crippen LogP contribution in [0.5, 0.6) is 0 Å². The average molecular weight is 859 g/mol. The summed E-state index contributed by atoms with van der Waals surface area (Å²) in [6, 6.07) is 13.3. The first kappa shape index (κ1) is 43.4. The quantitative estimate of drug-likeness (QED) is 0.0737. The van der Waals surface area contributed by atoms with E-state index in [1.54, 1.807) is 0 Å². The molecule has 0 aliphatic heterocycles. The average Bonchev–Trinajstić information content (AvgIpc) is 3.98. The van der Waals surface area contributed by atoms with E-state index < -0.39 is 46.9 Å². The minimum atomic E-state index is -1.19. The van der Waals surface area contributed by atoms with Crippen molar-refractivity contribution in [3.8, 4) is 0 Å². The number of aliphatic hydroxyl groups is 1. The number of hydrogen-bond donors (Lipinski definition) is 7. The maximum Gasteiger partial charge on any atom is 0.326 e. The molecule has 5 fully saturated rings. The molecule has 336 valence electrons. The number of hydrogen-bond acceptors (Lipinski definition) is 5. The molecule has 5 aliphatic carbocycles. The SMILES string of the molecule is C=C(C)[C@@H]1CC[C@]2(C(=O)N[C@@H](Cc3c[nH]c4ccccc34)C(=O)O)CC[C@]3(C)[C@H](CC[C@@H]4[C@@]5(C)CC[C@@H](O)[C@@](C)(C(=O)N[C@@H](Cc6c[nH]c7ccccc67)C(=O)O)[C@@H]5CC[C@]43C)[C@@H]12. The number of fused-ring (bicyclic) bond motifs is 9. The van der Waals surface area contributed by atoms with Crippen molar-refractivity contribution in [1.29, 1.82) is 0 Å². The Kier molecular flexibility index (Phi) is 10.6. The fourth-order valence-corrected chi connectivity index (χ4v) is 15.6. The van der Waals surface area contributed by atoms with E-state index in [2.05, 4.69) is 54.9 Å². The zero-order valence-corrected chi connectivity index (χ0v) is 37.6. The Morgan fingerprint density at radius 1 is 0.698 bits per heavy atom. The maximum absolute atomic E-state index is 15.0. The van der Waals surface area contributed by atoms with Gasteiger partial charge in [-0.2, -0.15) is 0 Å². The van der Waals surface area contributed by atoms with Crippen molar-refractivity contribution in [2.24, 2.45) is 56.7 Å². The lowest BCUT2D eigenvalue weighted by Gasteiger charge is -2.72. The number of aromatic amines is 2. The minimum Gasteiger partial charge on any atom is -0.480 e. The fourth-order valence-electron chi connectivity index (χ4n) is 15.6. The summed E-state index contributed by atoms with van der Waals surface area (Å²) >= 11 is 0. The number of nitrogens with one attached hydrogen (secondary N) is 4. The molecule has 5 saturated carbocycles. The van der Waals surface area contributed by atoms with Crippen LogP contribution in [-0.2, 0) is 32.0 Å². The highest BCUT2D eigenvalue weighted by Crippen LogP contribution is 2.77. The zero-order chi connectivity index (χ0) is 44.9. The number of aromatic nitrogens is 2. The van der Waals surface area contributed by atoms with Gasteiger partial charge >= 0.3 is 11.9 Å². The number of amides is 2. The summed E-state index contributed by atoms with van der Waals surface area (Å²) in [5.41, 5.74) is 2.13. The molecule has 11 nitrogen and oxygen atoms in total. The van der Waals surface area contributed by atoms with E-state index in [0.717, 1.165) is 83.5 Å². The van der Waals surface area contributed by atoms with Gasteiger partial charge < -0.3 is 35.9 Å². The topological polar surface area (TPSA) is 185 Å². The van der Waals surface area contributed by atoms with E-state index in [1.165, 1.54) is 0 Å². The molecule has 5 aliphatic rings. The zero-order valence-electron chi connectivity index (χ0n) is 37.6. The molecule has 2 aromatic carbocycles. The molecule has 0 saturated heterocycles. The Morgan fingerprint density at radius 3 is 1.84 bits per heavy atom. The summed E-state index contributed by atoms with van der Waals surface area (Å²) in [7, 11) is 0. The number of para-hydroxylation sites is 2. The molecular formula is C52H66N4O7. The number of aliphatic carboxylic acids is 2. The van der Waals surface area contributed by atoms with Crippen molar-refractivity contribution in [2.75, 3.05) is 0 Å². The normalized spacial score (nSPS) is 36.9. The van der Waals surface area contributed by atoms with Gasteiger partial charge in [0.15, 0.2) is 0 Å². The first-order valence-electron chi connectivity index (χ1n) is 23.4. The minimum absolute atomic E-state index is 0.0221. The first-order chi connectivity index (χ1) is 29.9. The van der Waals surface area contributed by atoms with Crippen LogP contribution in [-0.4, -0.2) is 67.2 Å². The van der Waals surface area contributed by atoms with Gasteiger partial charge in [-0.15, -0.1) is 0 Å². The smallest absolute Gasteiger partial charge is 0.326 e. The summed E-state index contributed by atoms with van der Waals surface area (Å²) in [5, 5.41) is 40.8. The molecule has 0 radical (unpaired) electrons. The molecular weight excluding hydrogens is 793 g/mol. The van der Waals surface area contributed by atoms with Gasteiger partial charge in [0, 0.05) is 47.0 Å². The van der Waals surface area contributed by atoms with Crippen LogP contribution >= 0.6 is 0 Å². The molecule has 11 heteroatoms. The molecule has 13 atom stereocenters. The largest absolute Gasteiger partial charge is 0.480 e. The molecule has 2 amide bonds. The molecule has 4 aromatic rings. The van der Waals surface area contributed by atoms with Gasteiger partial charge in [-0.05, 0) is 147 Å². The van der Waals surface area contributed by atoms with Gasteiger partial charge in [-0.25, -0.2) is 9.59 Å². The van der Waals surface area contributed by atoms with Gasteiger partial charge in [0.2, 0.25) is 11.8 Å². The summed E-state index contributed by atoms with van der Waals surface area (Å²) in [6.07, 6.45) is 10.8. The van der Waals surface area contributed by atoms with Crippen LogP contribution in [0.3, 0.4) is 0 Å². The van der Waals surface area contributed by atoms with E-state index in [0.29, 0.717) is 19.3 Å². The van der Waals surface area contributed by atoms with Crippen LogP contribution < -0.4 is 10.6 Å². The number of benzene rings is 2. The van der Waals surface area contributed by atoms with E-state index in [1.807, 2.05) is 67.8 Å². The van der Waals surface area contributed by atoms with Crippen LogP contribution in [0, 0.1) is 56.7 Å². The van der Waals surface area contributed by atoms with Gasteiger partial charge in [0.05, 0.1) is 16.9 Å². The Hall–Kier alpha value is -4.90. The van der Waals surface area contributed by atoms with Crippen molar-refractivity contribution in [3.63, 3.8) is 0 Å². The number of carboxylic acids is 2. The monoisotopic (exact) mass is 858 g/mol. The Labute approximate surface area is 370 Å². The summed E-state index contributed by atoms with van der Waals surface area (Å²) in [5.74, 6) is -2.22. The predicted molar refractivity (Wildman–Crippen MR) is 242 cm³/mol. The number of allylic oxidation sites excluding steroid dienone is 1. The summed E-state index contributed by atoms with van der Waals surface area (Å²) in [6.45, 7) is 15.7. The van der Waals surface area contributed by atoms with Crippen LogP contribution in [0.1, 0.15) is 110 Å². The Balaban J connectivity index is 0.982. The molecule has 7 N–H and O–H groups in total. The van der Waals surface area contributed by atoms with Crippen molar-refractivity contribution in [2.45, 2.75) is 130 Å². The molecule has 0 unspecified atom stereocenters. The molecule has 9 rings (SSSR count). The Morgan fingerprint density at radius 2 is 1.27 bits per heavy atom. The highest BCUT2D eigenvalue weighted by Gasteiger charge is 2.73. The van der Waals surface area contributed by atoms with Gasteiger partial charge in [0.25, 0.3) is 0 Å². The van der Waals surface area contributed by atoms with E-state index in [9.17, 15) is 34.5 Å². The molecule has 0 spiro atoms. The van der Waals surface area contributed by atoms with Crippen LogP contribution in [0.25, 0.3) is 21.8 Å². The van der Waals surface area contributed by atoms with Crippen LogP contribution in [0.4, 0.5) is 0 Å². The van der Waals surface area contributed by atoms with E-state index in [-0.39, 0.29) is 64.6 Å². The highest BCUT2D eigenvalue weighted by atomic mass is 16.4. The van der Waals surface area contributed by atoms with Crippen molar-refractivity contribution < 1.29 is 34.5 Å². The maximum atomic E-state index is 15.0. The number of H-pyrrole nitrogens is 2. The standard InChI is InChI=1S/C52H66N4O7/c1-29(2)32-17-22-52(47(63)56-39(45(60)61)26-31-28-54-37-14-10-8-12-34(31)37)24-23-49(4)35(43(32)52)15-16-40-48(3)20-19-42(57)51(6,41(48)18-21-50(40,49)5)46(62)55-38(44(58)59)25-30-27-53-36-13-9-7-11-33(30)36/h7-14,27-28,32,35,38-43,53-54,57H,1,15-26H2,2-6H3,(H,55,62)(H,56,63)(H,58,59)(H,60,61)/t32-,35+,38-,39-,40+,41+,42+,43+,48+,49+,50+,51-,52-/m0/s1. The number of carbonyl (C=O) groups is 4. The first-order valence-corrected chi connectivity index (χ1v) is 23.4. The summed E-state index contributed by atoms with van der Waals surface area (Å²) < 4.78 is 0. The highest BCUT2D eigenvalue weighted by molar-refractivity contribution is 5.91. The molecule has 63 heavy (non-hydrogen) atoms. The van der Waals surface area contributed by atoms with Crippen molar-refractivity contribution in [3.05, 3.63) is 84.2 Å². The lowest BCUT2D eigenvalue weighted by Crippen LogP contribution is -2.69. The lowest BCUT2D eigenvalue weighted by atomic mass is 9.32. The Bertz CT molecular complexity index is 2490. The molecule has 2 heterocycles. The third-order valence-corrected chi connectivity index (χ3v) is 19.1. The third-order valence-electron chi connectivity index (χ3n) is 19.1. The van der Waals surface area contributed by atoms with E-state index >= 15 is 0 Å². The van der Waals surface area contributed by atoms with E-state index in [4.69, 9.17) is 0 Å². The predicted octanol–water partition coefficient (Wildman–Crippen LogP) is 8.57. The number of carbonyl (C=O) groups excluding carboxylic acids is 2. The van der Waals surface area contributed by atoms with Crippen molar-refractivity contribution in [1.82, 2.24) is 20.6 Å². The second kappa shape index (κ2) is 15.4. The van der Waals surface area contributed by atoms with Crippen LogP contribution in [0.15, 0.2) is 73.1 Å². The van der Waals surface area contributed by atoms with Gasteiger partial charge in [-0.3, -0.25) is 9.59 Å². The number of rotatable bonds is 11. The van der Waals surface area contributed by atoms with Crippen LogP contribution in [0.2, 0.25) is 0 Å². The lowest BCUT2D eigenvalue weighted by molar-refractivity contribution is -0.246. The number of aliphatic hydroxyl groups excluding tert-OH is 1. The van der Waals surface area contributed by atoms with Gasteiger partial charge in [0.1, 0.15) is 12.1 Å². The fraction of sp³-hybridized carbons (Fsp3) is 0.577. The molecule has 2 aromatic heterocycles. The second-order valence-electron chi connectivity index (χ2n) is 21.5. The second-order valence-corrected chi connectivity index (χ2v) is 21.5. The van der Waals surface area contributed by atoms with Gasteiger partial charge in [-0.1, -0.05) is 69.3 Å². The third kappa shape index (κ3) is 6.44. The van der Waals surface area contributed by atoms with Crippen molar-refractivity contribution >= 4 is 45.6 Å². The molecule has 0 bridgehead atoms. The summed E-state index contributed by atoms with van der Waals surface area (Å²) in [4.78, 5) is 61.8. The number of carboxylic acid groups (broad SMARTS) is 2.